The molecule has 150 valence electrons. The molecule has 0 saturated carbocycles. The summed E-state index contributed by atoms with van der Waals surface area (Å²) in [5.41, 5.74) is 3.23. The first-order chi connectivity index (χ1) is 14.6. The summed E-state index contributed by atoms with van der Waals surface area (Å²) in [4.78, 5) is 17.1. The molecular formula is C24H19FN2O3. The SMILES string of the molecule is COc1ccc(-c2cc(OC)c3cc(NC(=O)c4cccc(F)c4)ccc3n2)cc1. The second-order valence-corrected chi connectivity index (χ2v) is 6.63. The lowest BCUT2D eigenvalue weighted by molar-refractivity contribution is 0.102. The maximum absolute atomic E-state index is 13.4. The molecule has 0 unspecified atom stereocenters. The van der Waals surface area contributed by atoms with Crippen molar-refractivity contribution in [1.29, 1.82) is 0 Å². The summed E-state index contributed by atoms with van der Waals surface area (Å²) in [5.74, 6) is 0.548. The minimum absolute atomic E-state index is 0.245. The Morgan fingerprint density at radius 2 is 1.73 bits per heavy atom. The van der Waals surface area contributed by atoms with Crippen LogP contribution in [0.25, 0.3) is 22.2 Å². The molecule has 0 saturated heterocycles. The zero-order chi connectivity index (χ0) is 21.1. The number of carbonyl (C=O) groups is 1. The van der Waals surface area contributed by atoms with Crippen LogP contribution in [0.15, 0.2) is 72.8 Å². The van der Waals surface area contributed by atoms with Crippen molar-refractivity contribution in [2.45, 2.75) is 0 Å². The Hall–Kier alpha value is -3.93. The van der Waals surface area contributed by atoms with Crippen LogP contribution in [-0.2, 0) is 0 Å². The smallest absolute Gasteiger partial charge is 0.255 e. The topological polar surface area (TPSA) is 60.5 Å². The van der Waals surface area contributed by atoms with Gasteiger partial charge in [0.25, 0.3) is 5.91 Å². The molecule has 1 amide bonds. The molecule has 0 fully saturated rings. The highest BCUT2D eigenvalue weighted by Gasteiger charge is 2.12. The number of amides is 1. The van der Waals surface area contributed by atoms with Gasteiger partial charge in [-0.05, 0) is 60.7 Å². The minimum Gasteiger partial charge on any atom is -0.497 e. The number of methoxy groups -OCH3 is 2. The summed E-state index contributed by atoms with van der Waals surface area (Å²) in [6, 6.07) is 20.4. The van der Waals surface area contributed by atoms with Crippen molar-refractivity contribution in [3.05, 3.63) is 84.2 Å². The minimum atomic E-state index is -0.460. The van der Waals surface area contributed by atoms with Crippen LogP contribution in [0.2, 0.25) is 0 Å². The second-order valence-electron chi connectivity index (χ2n) is 6.63. The quantitative estimate of drug-likeness (QED) is 0.491. The number of ether oxygens (including phenoxy) is 2. The molecular weight excluding hydrogens is 383 g/mol. The molecule has 0 aliphatic carbocycles. The average Bonchev–Trinajstić information content (AvgIpc) is 2.78. The van der Waals surface area contributed by atoms with Crippen LogP contribution >= 0.6 is 0 Å². The predicted octanol–water partition coefficient (Wildman–Crippen LogP) is 5.31. The highest BCUT2D eigenvalue weighted by molar-refractivity contribution is 6.05. The van der Waals surface area contributed by atoms with E-state index < -0.39 is 11.7 Å². The molecule has 1 aromatic heterocycles. The van der Waals surface area contributed by atoms with Gasteiger partial charge in [0.2, 0.25) is 0 Å². The largest absolute Gasteiger partial charge is 0.497 e. The number of anilines is 1. The number of halogens is 1. The first-order valence-electron chi connectivity index (χ1n) is 9.27. The predicted molar refractivity (Wildman–Crippen MR) is 115 cm³/mol. The van der Waals surface area contributed by atoms with Crippen LogP contribution < -0.4 is 14.8 Å². The summed E-state index contributed by atoms with van der Waals surface area (Å²) in [5, 5.41) is 3.54. The number of nitrogens with zero attached hydrogens (tertiary/aromatic N) is 1. The average molecular weight is 402 g/mol. The zero-order valence-electron chi connectivity index (χ0n) is 16.5. The standard InChI is InChI=1S/C24H19FN2O3/c1-29-19-9-6-15(7-10-19)22-14-23(30-2)20-13-18(8-11-21(20)27-22)26-24(28)16-4-3-5-17(25)12-16/h3-14H,1-2H3,(H,26,28). The molecule has 6 heteroatoms. The fourth-order valence-corrected chi connectivity index (χ4v) is 3.18. The molecule has 0 bridgehead atoms. The molecule has 4 aromatic rings. The normalized spacial score (nSPS) is 10.6. The number of benzene rings is 3. The Balaban J connectivity index is 1.67. The van der Waals surface area contributed by atoms with E-state index in [1.54, 1.807) is 32.4 Å². The third kappa shape index (κ3) is 3.93. The van der Waals surface area contributed by atoms with Crippen LogP contribution in [-0.4, -0.2) is 25.1 Å². The van der Waals surface area contributed by atoms with Crippen LogP contribution in [0, 0.1) is 5.82 Å². The maximum atomic E-state index is 13.4. The number of aromatic nitrogens is 1. The van der Waals surface area contributed by atoms with Gasteiger partial charge in [0.1, 0.15) is 17.3 Å². The van der Waals surface area contributed by atoms with Gasteiger partial charge < -0.3 is 14.8 Å². The monoisotopic (exact) mass is 402 g/mol. The van der Waals surface area contributed by atoms with Gasteiger partial charge in [-0.2, -0.15) is 0 Å². The first-order valence-corrected chi connectivity index (χ1v) is 9.27. The van der Waals surface area contributed by atoms with Crippen molar-refractivity contribution in [2.24, 2.45) is 0 Å². The van der Waals surface area contributed by atoms with Crippen LogP contribution in [0.1, 0.15) is 10.4 Å². The van der Waals surface area contributed by atoms with E-state index in [2.05, 4.69) is 5.32 Å². The van der Waals surface area contributed by atoms with E-state index in [1.807, 2.05) is 36.4 Å². The van der Waals surface area contributed by atoms with Gasteiger partial charge in [0.15, 0.2) is 0 Å². The number of hydrogen-bond donors (Lipinski definition) is 1. The van der Waals surface area contributed by atoms with Gasteiger partial charge in [0.05, 0.1) is 25.4 Å². The number of carbonyl (C=O) groups excluding carboxylic acids is 1. The molecule has 0 atom stereocenters. The Morgan fingerprint density at radius 3 is 2.43 bits per heavy atom. The summed E-state index contributed by atoms with van der Waals surface area (Å²) in [6.07, 6.45) is 0. The second kappa shape index (κ2) is 8.21. The summed E-state index contributed by atoms with van der Waals surface area (Å²) in [7, 11) is 3.21. The third-order valence-corrected chi connectivity index (χ3v) is 4.72. The van der Waals surface area contributed by atoms with E-state index >= 15 is 0 Å². The van der Waals surface area contributed by atoms with Gasteiger partial charge in [0, 0.05) is 28.3 Å². The molecule has 30 heavy (non-hydrogen) atoms. The number of rotatable bonds is 5. The van der Waals surface area contributed by atoms with Crippen molar-refractivity contribution in [3.63, 3.8) is 0 Å². The molecule has 1 N–H and O–H groups in total. The maximum Gasteiger partial charge on any atom is 0.255 e. The third-order valence-electron chi connectivity index (χ3n) is 4.72. The summed E-state index contributed by atoms with van der Waals surface area (Å²) < 4.78 is 24.2. The lowest BCUT2D eigenvalue weighted by Crippen LogP contribution is -2.12. The van der Waals surface area contributed by atoms with Crippen LogP contribution in [0.3, 0.4) is 0 Å². The zero-order valence-corrected chi connectivity index (χ0v) is 16.5. The highest BCUT2D eigenvalue weighted by Crippen LogP contribution is 2.32. The van der Waals surface area contributed by atoms with Crippen molar-refractivity contribution in [1.82, 2.24) is 4.98 Å². The highest BCUT2D eigenvalue weighted by atomic mass is 19.1. The fraction of sp³-hybridized carbons (Fsp3) is 0.0833. The molecule has 5 nitrogen and oxygen atoms in total. The van der Waals surface area contributed by atoms with Gasteiger partial charge in [-0.25, -0.2) is 9.37 Å². The van der Waals surface area contributed by atoms with E-state index in [9.17, 15) is 9.18 Å². The Kier molecular flexibility index (Phi) is 5.30. The fourth-order valence-electron chi connectivity index (χ4n) is 3.18. The Bertz CT molecular complexity index is 1220. The number of fused-ring (bicyclic) bond motifs is 1. The van der Waals surface area contributed by atoms with Gasteiger partial charge in [-0.3, -0.25) is 4.79 Å². The Labute approximate surface area is 173 Å². The molecule has 4 rings (SSSR count). The van der Waals surface area contributed by atoms with Crippen LogP contribution in [0.5, 0.6) is 11.5 Å². The lowest BCUT2D eigenvalue weighted by Gasteiger charge is -2.11. The van der Waals surface area contributed by atoms with Gasteiger partial charge >= 0.3 is 0 Å². The molecule has 0 spiro atoms. The molecule has 3 aromatic carbocycles. The van der Waals surface area contributed by atoms with Crippen molar-refractivity contribution in [3.8, 4) is 22.8 Å². The summed E-state index contributed by atoms with van der Waals surface area (Å²) >= 11 is 0. The molecule has 0 aliphatic rings. The first kappa shape index (κ1) is 19.4. The van der Waals surface area contributed by atoms with E-state index in [1.165, 1.54) is 18.2 Å². The number of hydrogen-bond acceptors (Lipinski definition) is 4. The molecule has 0 aliphatic heterocycles. The van der Waals surface area contributed by atoms with Crippen molar-refractivity contribution >= 4 is 22.5 Å². The number of pyridine rings is 1. The summed E-state index contributed by atoms with van der Waals surface area (Å²) in [6.45, 7) is 0. The molecule has 1 heterocycles. The van der Waals surface area contributed by atoms with E-state index in [-0.39, 0.29) is 5.56 Å². The lowest BCUT2D eigenvalue weighted by atomic mass is 10.1. The van der Waals surface area contributed by atoms with E-state index in [0.717, 1.165) is 27.9 Å². The Morgan fingerprint density at radius 1 is 0.933 bits per heavy atom. The van der Waals surface area contributed by atoms with Crippen LogP contribution in [0.4, 0.5) is 10.1 Å². The van der Waals surface area contributed by atoms with Gasteiger partial charge in [-0.1, -0.05) is 6.07 Å². The van der Waals surface area contributed by atoms with Crippen molar-refractivity contribution in [2.75, 3.05) is 19.5 Å². The van der Waals surface area contributed by atoms with Crippen molar-refractivity contribution < 1.29 is 18.7 Å². The van der Waals surface area contributed by atoms with E-state index in [4.69, 9.17) is 14.5 Å². The molecule has 0 radical (unpaired) electrons. The van der Waals surface area contributed by atoms with Gasteiger partial charge in [-0.15, -0.1) is 0 Å². The number of nitrogens with one attached hydrogen (secondary N) is 1. The van der Waals surface area contributed by atoms with E-state index in [0.29, 0.717) is 11.4 Å².